The van der Waals surface area contributed by atoms with Crippen molar-refractivity contribution >= 4 is 5.91 Å². The first kappa shape index (κ1) is 12.6. The van der Waals surface area contributed by atoms with Crippen LogP contribution in [0.1, 0.15) is 18.9 Å². The van der Waals surface area contributed by atoms with Crippen molar-refractivity contribution in [3.05, 3.63) is 35.6 Å². The van der Waals surface area contributed by atoms with E-state index < -0.39 is 0 Å². The van der Waals surface area contributed by atoms with Gasteiger partial charge in [-0.2, -0.15) is 0 Å². The Labute approximate surface area is 112 Å². The lowest BCUT2D eigenvalue weighted by Gasteiger charge is -2.27. The molecule has 1 N–H and O–H groups in total. The molecule has 0 saturated carbocycles. The predicted octanol–water partition coefficient (Wildman–Crippen LogP) is 1.58. The molecule has 1 aromatic carbocycles. The van der Waals surface area contributed by atoms with Gasteiger partial charge >= 0.3 is 0 Å². The number of benzene rings is 1. The zero-order chi connectivity index (χ0) is 13.4. The smallest absolute Gasteiger partial charge is 0.227 e. The lowest BCUT2D eigenvalue weighted by Crippen LogP contribution is -2.43. The van der Waals surface area contributed by atoms with Crippen molar-refractivity contribution in [1.29, 1.82) is 0 Å². The summed E-state index contributed by atoms with van der Waals surface area (Å²) in [5, 5.41) is 3.34. The van der Waals surface area contributed by atoms with Gasteiger partial charge in [-0.1, -0.05) is 18.2 Å². The number of nitrogens with one attached hydrogen (secondary N) is 1. The lowest BCUT2D eigenvalue weighted by atomic mass is 10.0. The fourth-order valence-corrected chi connectivity index (χ4v) is 3.49. The first-order valence-electron chi connectivity index (χ1n) is 6.92. The van der Waals surface area contributed by atoms with Gasteiger partial charge in [0.15, 0.2) is 0 Å². The van der Waals surface area contributed by atoms with Gasteiger partial charge in [0, 0.05) is 25.2 Å². The van der Waals surface area contributed by atoms with E-state index in [1.807, 2.05) is 4.90 Å². The summed E-state index contributed by atoms with van der Waals surface area (Å²) < 4.78 is 13.6. The predicted molar refractivity (Wildman–Crippen MR) is 71.2 cm³/mol. The highest BCUT2D eigenvalue weighted by Crippen LogP contribution is 2.32. The first-order chi connectivity index (χ1) is 9.16. The second-order valence-electron chi connectivity index (χ2n) is 5.64. The molecule has 0 aromatic heterocycles. The number of carbonyl (C=O) groups excluding carboxylic acids is 1. The molecule has 4 heteroatoms. The molecular weight excluding hydrogens is 243 g/mol. The number of hydrogen-bond acceptors (Lipinski definition) is 2. The monoisotopic (exact) mass is 262 g/mol. The second-order valence-corrected chi connectivity index (χ2v) is 5.64. The summed E-state index contributed by atoms with van der Waals surface area (Å²) in [4.78, 5) is 14.4. The summed E-state index contributed by atoms with van der Waals surface area (Å²) in [5.74, 6) is 0.331. The lowest BCUT2D eigenvalue weighted by molar-refractivity contribution is -0.133. The Balaban J connectivity index is 1.75. The summed E-state index contributed by atoms with van der Waals surface area (Å²) >= 11 is 0. The average molecular weight is 262 g/mol. The highest BCUT2D eigenvalue weighted by atomic mass is 19.1. The molecule has 0 spiro atoms. The van der Waals surface area contributed by atoms with Crippen LogP contribution in [0.15, 0.2) is 24.3 Å². The second kappa shape index (κ2) is 4.93. The molecule has 1 aromatic rings. The van der Waals surface area contributed by atoms with E-state index in [1.54, 1.807) is 18.2 Å². The van der Waals surface area contributed by atoms with E-state index in [2.05, 4.69) is 12.2 Å². The molecule has 2 aliphatic heterocycles. The van der Waals surface area contributed by atoms with Gasteiger partial charge in [0.1, 0.15) is 5.82 Å². The van der Waals surface area contributed by atoms with E-state index in [4.69, 9.17) is 0 Å². The van der Waals surface area contributed by atoms with Gasteiger partial charge in [0.25, 0.3) is 0 Å². The summed E-state index contributed by atoms with van der Waals surface area (Å²) in [6.45, 7) is 3.97. The standard InChI is InChI=1S/C15H19FN2O/c1-10-6-12-8-17-9-14(12)18(10)15(19)7-11-4-2-3-5-13(11)16/h2-5,10,12,14,17H,6-9H2,1H3. The third-order valence-corrected chi connectivity index (χ3v) is 4.37. The third kappa shape index (κ3) is 2.25. The Morgan fingerprint density at radius 3 is 3.00 bits per heavy atom. The number of hydrogen-bond donors (Lipinski definition) is 1. The normalized spacial score (nSPS) is 29.6. The van der Waals surface area contributed by atoms with E-state index in [0.717, 1.165) is 19.5 Å². The molecule has 3 nitrogen and oxygen atoms in total. The van der Waals surface area contributed by atoms with Crippen LogP contribution in [0.2, 0.25) is 0 Å². The third-order valence-electron chi connectivity index (χ3n) is 4.37. The SMILES string of the molecule is CC1CC2CNCC2N1C(=O)Cc1ccccc1F. The van der Waals surface area contributed by atoms with Gasteiger partial charge in [-0.3, -0.25) is 4.79 Å². The van der Waals surface area contributed by atoms with Crippen molar-refractivity contribution in [3.63, 3.8) is 0 Å². The van der Waals surface area contributed by atoms with E-state index in [1.165, 1.54) is 6.07 Å². The Bertz CT molecular complexity index is 491. The van der Waals surface area contributed by atoms with Crippen molar-refractivity contribution in [3.8, 4) is 0 Å². The van der Waals surface area contributed by atoms with Crippen LogP contribution in [0, 0.1) is 11.7 Å². The maximum atomic E-state index is 13.6. The number of halogens is 1. The molecule has 2 aliphatic rings. The number of rotatable bonds is 2. The summed E-state index contributed by atoms with van der Waals surface area (Å²) in [5.41, 5.74) is 0.495. The highest BCUT2D eigenvalue weighted by Gasteiger charge is 2.43. The van der Waals surface area contributed by atoms with E-state index in [9.17, 15) is 9.18 Å². The molecule has 2 saturated heterocycles. The van der Waals surface area contributed by atoms with Crippen molar-refractivity contribution in [2.75, 3.05) is 13.1 Å². The summed E-state index contributed by atoms with van der Waals surface area (Å²) in [6, 6.07) is 7.11. The largest absolute Gasteiger partial charge is 0.335 e. The maximum absolute atomic E-state index is 13.6. The van der Waals surface area contributed by atoms with Crippen molar-refractivity contribution < 1.29 is 9.18 Å². The Kier molecular flexibility index (Phi) is 3.27. The molecule has 3 rings (SSSR count). The molecular formula is C15H19FN2O. The minimum Gasteiger partial charge on any atom is -0.335 e. The topological polar surface area (TPSA) is 32.3 Å². The van der Waals surface area contributed by atoms with E-state index >= 15 is 0 Å². The zero-order valence-corrected chi connectivity index (χ0v) is 11.1. The molecule has 0 bridgehead atoms. The molecule has 2 heterocycles. The fraction of sp³-hybridized carbons (Fsp3) is 0.533. The van der Waals surface area contributed by atoms with Gasteiger partial charge in [-0.05, 0) is 30.9 Å². The minimum atomic E-state index is -0.288. The van der Waals surface area contributed by atoms with Crippen molar-refractivity contribution in [2.24, 2.45) is 5.92 Å². The Morgan fingerprint density at radius 1 is 1.42 bits per heavy atom. The van der Waals surface area contributed by atoms with E-state index in [0.29, 0.717) is 17.5 Å². The van der Waals surface area contributed by atoms with E-state index in [-0.39, 0.29) is 24.2 Å². The van der Waals surface area contributed by atoms with Crippen molar-refractivity contribution in [1.82, 2.24) is 10.2 Å². The number of amides is 1. The van der Waals surface area contributed by atoms with Crippen LogP contribution >= 0.6 is 0 Å². The summed E-state index contributed by atoms with van der Waals surface area (Å²) in [6.07, 6.45) is 1.22. The number of likely N-dealkylation sites (tertiary alicyclic amines) is 1. The van der Waals surface area contributed by atoms with Crippen LogP contribution < -0.4 is 5.32 Å². The van der Waals surface area contributed by atoms with Gasteiger partial charge in [-0.25, -0.2) is 4.39 Å². The first-order valence-corrected chi connectivity index (χ1v) is 6.92. The molecule has 1 amide bonds. The number of carbonyl (C=O) groups is 1. The molecule has 3 atom stereocenters. The molecule has 2 fully saturated rings. The Morgan fingerprint density at radius 2 is 2.21 bits per heavy atom. The highest BCUT2D eigenvalue weighted by molar-refractivity contribution is 5.80. The van der Waals surface area contributed by atoms with Crippen LogP contribution in [0.4, 0.5) is 4.39 Å². The molecule has 0 aliphatic carbocycles. The minimum absolute atomic E-state index is 0.0498. The molecule has 19 heavy (non-hydrogen) atoms. The average Bonchev–Trinajstić information content (AvgIpc) is 2.91. The molecule has 0 radical (unpaired) electrons. The van der Waals surface area contributed by atoms with Crippen molar-refractivity contribution in [2.45, 2.75) is 31.8 Å². The van der Waals surface area contributed by atoms with Crippen LogP contribution in [0.25, 0.3) is 0 Å². The fourth-order valence-electron chi connectivity index (χ4n) is 3.49. The number of fused-ring (bicyclic) bond motifs is 1. The number of nitrogens with zero attached hydrogens (tertiary/aromatic N) is 1. The summed E-state index contributed by atoms with van der Waals surface area (Å²) in [7, 11) is 0. The van der Waals surface area contributed by atoms with Gasteiger partial charge < -0.3 is 10.2 Å². The van der Waals surface area contributed by atoms with Crippen LogP contribution in [0.3, 0.4) is 0 Å². The Hall–Kier alpha value is -1.42. The molecule has 3 unspecified atom stereocenters. The quantitative estimate of drug-likeness (QED) is 0.877. The molecule has 102 valence electrons. The van der Waals surface area contributed by atoms with Gasteiger partial charge in [0.05, 0.1) is 6.42 Å². The van der Waals surface area contributed by atoms with Gasteiger partial charge in [0.2, 0.25) is 5.91 Å². The van der Waals surface area contributed by atoms with Crippen LogP contribution in [-0.4, -0.2) is 36.0 Å². The van der Waals surface area contributed by atoms with Gasteiger partial charge in [-0.15, -0.1) is 0 Å². The van der Waals surface area contributed by atoms with Crippen LogP contribution in [-0.2, 0) is 11.2 Å². The maximum Gasteiger partial charge on any atom is 0.227 e. The zero-order valence-electron chi connectivity index (χ0n) is 11.1. The van der Waals surface area contributed by atoms with Crippen LogP contribution in [0.5, 0.6) is 0 Å².